The van der Waals surface area contributed by atoms with Crippen LogP contribution in [0.15, 0.2) is 48.5 Å². The van der Waals surface area contributed by atoms with Crippen molar-refractivity contribution < 1.29 is 4.74 Å². The van der Waals surface area contributed by atoms with Crippen molar-refractivity contribution in [2.24, 2.45) is 5.92 Å². The zero-order valence-corrected chi connectivity index (χ0v) is 16.0. The van der Waals surface area contributed by atoms with Crippen molar-refractivity contribution in [1.82, 2.24) is 0 Å². The first-order chi connectivity index (χ1) is 12.2. The second-order valence-corrected chi connectivity index (χ2v) is 8.10. The molecule has 25 heavy (non-hydrogen) atoms. The Morgan fingerprint density at radius 3 is 2.12 bits per heavy atom. The lowest BCUT2D eigenvalue weighted by Gasteiger charge is -2.21. The molecule has 0 aliphatic heterocycles. The maximum atomic E-state index is 5.92. The molecular formula is C23H29ClO. The Morgan fingerprint density at radius 1 is 0.920 bits per heavy atom. The van der Waals surface area contributed by atoms with Crippen molar-refractivity contribution in [1.29, 1.82) is 0 Å². The highest BCUT2D eigenvalue weighted by Gasteiger charge is 2.13. The summed E-state index contributed by atoms with van der Waals surface area (Å²) in [6.45, 7) is 2.47. The maximum Gasteiger partial charge on any atom is 0.119 e. The maximum absolute atomic E-state index is 5.92. The van der Waals surface area contributed by atoms with E-state index in [4.69, 9.17) is 16.3 Å². The zero-order valence-electron chi connectivity index (χ0n) is 15.2. The fourth-order valence-electron chi connectivity index (χ4n) is 3.67. The highest BCUT2D eigenvalue weighted by Crippen LogP contribution is 2.28. The molecule has 2 aromatic carbocycles. The summed E-state index contributed by atoms with van der Waals surface area (Å²) in [6.07, 6.45) is 9.77. The summed E-state index contributed by atoms with van der Waals surface area (Å²) >= 11 is 5.92. The normalized spacial score (nSPS) is 16.6. The van der Waals surface area contributed by atoms with Gasteiger partial charge in [0.25, 0.3) is 0 Å². The molecule has 1 saturated carbocycles. The Labute approximate surface area is 157 Å². The number of halogens is 1. The van der Waals surface area contributed by atoms with E-state index in [0.29, 0.717) is 6.61 Å². The van der Waals surface area contributed by atoms with Crippen molar-refractivity contribution >= 4 is 11.6 Å². The topological polar surface area (TPSA) is 9.23 Å². The quantitative estimate of drug-likeness (QED) is 0.491. The lowest BCUT2D eigenvalue weighted by molar-refractivity contribution is 0.320. The molecule has 0 heterocycles. The van der Waals surface area contributed by atoms with Gasteiger partial charge in [0.15, 0.2) is 0 Å². The average molecular weight is 357 g/mol. The van der Waals surface area contributed by atoms with Crippen LogP contribution in [0.3, 0.4) is 0 Å². The van der Waals surface area contributed by atoms with E-state index in [1.807, 2.05) is 19.1 Å². The number of hydrogen-bond acceptors (Lipinski definition) is 1. The summed E-state index contributed by atoms with van der Waals surface area (Å²) in [6, 6.07) is 17.3. The molecule has 0 radical (unpaired) electrons. The number of alkyl halides is 1. The van der Waals surface area contributed by atoms with E-state index < -0.39 is 0 Å². The Morgan fingerprint density at radius 2 is 1.52 bits per heavy atom. The SMILES string of the molecule is C[C@H](Cl)COc1ccc(-c2ccc(CCC3CCCCC3)cc2)cc1. The van der Waals surface area contributed by atoms with Crippen molar-refractivity contribution in [3.63, 3.8) is 0 Å². The van der Waals surface area contributed by atoms with E-state index in [2.05, 4.69) is 36.4 Å². The molecule has 1 atom stereocenters. The lowest BCUT2D eigenvalue weighted by atomic mass is 9.85. The molecule has 1 aliphatic rings. The molecule has 0 spiro atoms. The van der Waals surface area contributed by atoms with Crippen LogP contribution in [0.2, 0.25) is 0 Å². The van der Waals surface area contributed by atoms with E-state index in [9.17, 15) is 0 Å². The first-order valence-electron chi connectivity index (χ1n) is 9.67. The molecule has 2 heteroatoms. The summed E-state index contributed by atoms with van der Waals surface area (Å²) < 4.78 is 5.63. The largest absolute Gasteiger partial charge is 0.492 e. The predicted molar refractivity (Wildman–Crippen MR) is 108 cm³/mol. The van der Waals surface area contributed by atoms with Gasteiger partial charge in [0, 0.05) is 0 Å². The molecule has 0 saturated heterocycles. The number of ether oxygens (including phenoxy) is 1. The van der Waals surface area contributed by atoms with E-state index in [-0.39, 0.29) is 5.38 Å². The Kier molecular flexibility index (Phi) is 6.81. The van der Waals surface area contributed by atoms with Crippen LogP contribution >= 0.6 is 11.6 Å². The lowest BCUT2D eigenvalue weighted by Crippen LogP contribution is -2.07. The molecule has 0 aromatic heterocycles. The minimum Gasteiger partial charge on any atom is -0.492 e. The van der Waals surface area contributed by atoms with Gasteiger partial charge in [-0.2, -0.15) is 0 Å². The summed E-state index contributed by atoms with van der Waals surface area (Å²) in [5.41, 5.74) is 3.95. The molecule has 3 rings (SSSR count). The molecular weight excluding hydrogens is 328 g/mol. The van der Waals surface area contributed by atoms with E-state index >= 15 is 0 Å². The molecule has 134 valence electrons. The highest BCUT2D eigenvalue weighted by molar-refractivity contribution is 6.20. The van der Waals surface area contributed by atoms with E-state index in [0.717, 1.165) is 11.7 Å². The van der Waals surface area contributed by atoms with Crippen LogP contribution < -0.4 is 4.74 Å². The highest BCUT2D eigenvalue weighted by atomic mass is 35.5. The number of benzene rings is 2. The Bertz CT molecular complexity index is 624. The van der Waals surface area contributed by atoms with Gasteiger partial charge in [0.1, 0.15) is 12.4 Å². The summed E-state index contributed by atoms with van der Waals surface area (Å²) in [4.78, 5) is 0. The third-order valence-electron chi connectivity index (χ3n) is 5.19. The fourth-order valence-corrected chi connectivity index (χ4v) is 3.73. The van der Waals surface area contributed by atoms with Crippen molar-refractivity contribution in [2.75, 3.05) is 6.61 Å². The molecule has 0 N–H and O–H groups in total. The van der Waals surface area contributed by atoms with Gasteiger partial charge in [-0.3, -0.25) is 0 Å². The van der Waals surface area contributed by atoms with Gasteiger partial charge < -0.3 is 4.74 Å². The van der Waals surface area contributed by atoms with Crippen LogP contribution in [0.25, 0.3) is 11.1 Å². The molecule has 0 bridgehead atoms. The first-order valence-corrected chi connectivity index (χ1v) is 10.1. The third-order valence-corrected chi connectivity index (χ3v) is 5.31. The molecule has 0 unspecified atom stereocenters. The van der Waals surface area contributed by atoms with Crippen LogP contribution in [0.5, 0.6) is 5.75 Å². The zero-order chi connectivity index (χ0) is 17.5. The minimum atomic E-state index is 0.0285. The van der Waals surface area contributed by atoms with Gasteiger partial charge in [-0.1, -0.05) is 68.5 Å². The van der Waals surface area contributed by atoms with Gasteiger partial charge in [-0.15, -0.1) is 11.6 Å². The van der Waals surface area contributed by atoms with Gasteiger partial charge in [-0.25, -0.2) is 0 Å². The van der Waals surface area contributed by atoms with Gasteiger partial charge in [0.2, 0.25) is 0 Å². The van der Waals surface area contributed by atoms with Crippen LogP contribution in [0, 0.1) is 5.92 Å². The summed E-state index contributed by atoms with van der Waals surface area (Å²) in [5, 5.41) is 0.0285. The smallest absolute Gasteiger partial charge is 0.119 e. The number of rotatable bonds is 7. The monoisotopic (exact) mass is 356 g/mol. The fraction of sp³-hybridized carbons (Fsp3) is 0.478. The molecule has 1 aliphatic carbocycles. The van der Waals surface area contributed by atoms with Gasteiger partial charge >= 0.3 is 0 Å². The molecule has 0 amide bonds. The number of hydrogen-bond donors (Lipinski definition) is 0. The van der Waals surface area contributed by atoms with Gasteiger partial charge in [-0.05, 0) is 54.5 Å². The summed E-state index contributed by atoms with van der Waals surface area (Å²) in [5.74, 6) is 1.83. The van der Waals surface area contributed by atoms with Crippen LogP contribution in [0.4, 0.5) is 0 Å². The molecule has 2 aromatic rings. The molecule has 1 fully saturated rings. The average Bonchev–Trinajstić information content (AvgIpc) is 2.66. The predicted octanol–water partition coefficient (Wildman–Crippen LogP) is 6.87. The van der Waals surface area contributed by atoms with Crippen molar-refractivity contribution in [2.45, 2.75) is 57.2 Å². The van der Waals surface area contributed by atoms with Crippen LogP contribution in [-0.4, -0.2) is 12.0 Å². The van der Waals surface area contributed by atoms with Crippen LogP contribution in [-0.2, 0) is 6.42 Å². The van der Waals surface area contributed by atoms with Gasteiger partial charge in [0.05, 0.1) is 5.38 Å². The second kappa shape index (κ2) is 9.29. The first kappa shape index (κ1) is 18.3. The van der Waals surface area contributed by atoms with E-state index in [1.165, 1.54) is 61.6 Å². The minimum absolute atomic E-state index is 0.0285. The number of aryl methyl sites for hydroxylation is 1. The van der Waals surface area contributed by atoms with E-state index in [1.54, 1.807) is 0 Å². The van der Waals surface area contributed by atoms with Crippen molar-refractivity contribution in [3.05, 3.63) is 54.1 Å². The summed E-state index contributed by atoms with van der Waals surface area (Å²) in [7, 11) is 0. The Balaban J connectivity index is 1.54. The molecule has 1 nitrogen and oxygen atoms in total. The van der Waals surface area contributed by atoms with Crippen molar-refractivity contribution in [3.8, 4) is 16.9 Å². The Hall–Kier alpha value is -1.47. The van der Waals surface area contributed by atoms with Crippen LogP contribution in [0.1, 0.15) is 51.0 Å². The standard InChI is InChI=1S/C23H29ClO/c1-18(24)17-25-23-15-13-22(14-16-23)21-11-9-20(10-12-21)8-7-19-5-3-2-4-6-19/h9-16,18-19H,2-8,17H2,1H3/t18-/m0/s1. The third kappa shape index (κ3) is 5.78. The second-order valence-electron chi connectivity index (χ2n) is 7.36.